The molecule has 0 amide bonds. The van der Waals surface area contributed by atoms with Gasteiger partial charge >= 0.3 is 0 Å². The number of para-hydroxylation sites is 1. The molecule has 3 rings (SSSR count). The fourth-order valence-corrected chi connectivity index (χ4v) is 2.52. The van der Waals surface area contributed by atoms with E-state index in [0.29, 0.717) is 5.92 Å². The van der Waals surface area contributed by atoms with Crippen molar-refractivity contribution in [3.8, 4) is 5.69 Å². The number of hydrogen-bond acceptors (Lipinski definition) is 1. The fraction of sp³-hybridized carbons (Fsp3) is 0.167. The number of benzene rings is 2. The summed E-state index contributed by atoms with van der Waals surface area (Å²) < 4.78 is 2.05. The molecule has 0 aliphatic carbocycles. The van der Waals surface area contributed by atoms with Gasteiger partial charge in [0, 0.05) is 5.92 Å². The third-order valence-electron chi connectivity index (χ3n) is 3.60. The van der Waals surface area contributed by atoms with Crippen LogP contribution in [0.1, 0.15) is 29.8 Å². The Balaban J connectivity index is 2.07. The van der Waals surface area contributed by atoms with Crippen LogP contribution in [0.25, 0.3) is 5.69 Å². The summed E-state index contributed by atoms with van der Waals surface area (Å²) in [4.78, 5) is 0. The highest BCUT2D eigenvalue weighted by Crippen LogP contribution is 2.26. The van der Waals surface area contributed by atoms with E-state index in [1.165, 1.54) is 11.3 Å². The maximum atomic E-state index is 4.64. The van der Waals surface area contributed by atoms with Crippen molar-refractivity contribution in [2.24, 2.45) is 0 Å². The number of aromatic nitrogens is 2. The molecule has 2 aromatic carbocycles. The van der Waals surface area contributed by atoms with E-state index in [1.54, 1.807) is 0 Å². The van der Waals surface area contributed by atoms with Crippen LogP contribution in [-0.4, -0.2) is 9.78 Å². The van der Waals surface area contributed by atoms with Gasteiger partial charge in [-0.3, -0.25) is 0 Å². The van der Waals surface area contributed by atoms with E-state index < -0.39 is 0 Å². The molecule has 1 unspecified atom stereocenters. The largest absolute Gasteiger partial charge is 0.237 e. The van der Waals surface area contributed by atoms with Gasteiger partial charge in [-0.25, -0.2) is 4.68 Å². The highest BCUT2D eigenvalue weighted by molar-refractivity contribution is 5.37. The number of nitrogens with zero attached hydrogens (tertiary/aromatic N) is 2. The molecule has 20 heavy (non-hydrogen) atoms. The smallest absolute Gasteiger partial charge is 0.0649 e. The van der Waals surface area contributed by atoms with E-state index >= 15 is 0 Å². The predicted octanol–water partition coefficient (Wildman–Crippen LogP) is 4.33. The van der Waals surface area contributed by atoms with Crippen LogP contribution in [0, 0.1) is 6.92 Å². The van der Waals surface area contributed by atoms with Crippen molar-refractivity contribution in [3.63, 3.8) is 0 Å². The Morgan fingerprint density at radius 3 is 2.15 bits per heavy atom. The zero-order valence-electron chi connectivity index (χ0n) is 11.8. The van der Waals surface area contributed by atoms with Crippen LogP contribution in [-0.2, 0) is 0 Å². The van der Waals surface area contributed by atoms with E-state index in [0.717, 1.165) is 11.4 Å². The van der Waals surface area contributed by atoms with Gasteiger partial charge in [0.15, 0.2) is 0 Å². The predicted molar refractivity (Wildman–Crippen MR) is 82.3 cm³/mol. The van der Waals surface area contributed by atoms with Gasteiger partial charge in [-0.1, -0.05) is 55.5 Å². The second kappa shape index (κ2) is 5.33. The minimum atomic E-state index is 0.317. The molecule has 1 aromatic heterocycles. The Morgan fingerprint density at radius 1 is 0.900 bits per heavy atom. The lowest BCUT2D eigenvalue weighted by atomic mass is 9.97. The van der Waals surface area contributed by atoms with Crippen molar-refractivity contribution >= 4 is 0 Å². The van der Waals surface area contributed by atoms with E-state index in [9.17, 15) is 0 Å². The van der Waals surface area contributed by atoms with Crippen molar-refractivity contribution in [2.45, 2.75) is 19.8 Å². The molecule has 3 aromatic rings. The first kappa shape index (κ1) is 12.7. The maximum Gasteiger partial charge on any atom is 0.0649 e. The lowest BCUT2D eigenvalue weighted by Gasteiger charge is -2.14. The van der Waals surface area contributed by atoms with Gasteiger partial charge in [0.05, 0.1) is 17.1 Å². The summed E-state index contributed by atoms with van der Waals surface area (Å²) in [5, 5.41) is 4.64. The highest BCUT2D eigenvalue weighted by Gasteiger charge is 2.15. The summed E-state index contributed by atoms with van der Waals surface area (Å²) in [5.74, 6) is 0.317. The Morgan fingerprint density at radius 2 is 1.50 bits per heavy atom. The molecule has 0 aliphatic rings. The summed E-state index contributed by atoms with van der Waals surface area (Å²) >= 11 is 0. The molecule has 2 heteroatoms. The number of aryl methyl sites for hydroxylation is 1. The first-order valence-corrected chi connectivity index (χ1v) is 6.92. The van der Waals surface area contributed by atoms with E-state index in [1.807, 2.05) is 29.8 Å². The van der Waals surface area contributed by atoms with Crippen LogP contribution in [0.2, 0.25) is 0 Å². The molecular formula is C18H18N2. The molecule has 0 aliphatic heterocycles. The standard InChI is InChI=1S/C18H18N2/c1-14-13-18(15(2)16-9-5-3-6-10-16)20(19-14)17-11-7-4-8-12-17/h3-13,15H,1-2H3. The van der Waals surface area contributed by atoms with Crippen LogP contribution < -0.4 is 0 Å². The highest BCUT2D eigenvalue weighted by atomic mass is 15.3. The average molecular weight is 262 g/mol. The van der Waals surface area contributed by atoms with Gasteiger partial charge in [-0.05, 0) is 30.7 Å². The zero-order valence-corrected chi connectivity index (χ0v) is 11.8. The van der Waals surface area contributed by atoms with Crippen molar-refractivity contribution in [1.82, 2.24) is 9.78 Å². The van der Waals surface area contributed by atoms with Gasteiger partial charge in [0.25, 0.3) is 0 Å². The van der Waals surface area contributed by atoms with Crippen molar-refractivity contribution in [1.29, 1.82) is 0 Å². The zero-order chi connectivity index (χ0) is 13.9. The monoisotopic (exact) mass is 262 g/mol. The maximum absolute atomic E-state index is 4.64. The van der Waals surface area contributed by atoms with Crippen LogP contribution in [0.15, 0.2) is 66.7 Å². The van der Waals surface area contributed by atoms with Crippen molar-refractivity contribution in [2.75, 3.05) is 0 Å². The Bertz CT molecular complexity index is 684. The van der Waals surface area contributed by atoms with Gasteiger partial charge in [-0.2, -0.15) is 5.10 Å². The molecule has 0 bridgehead atoms. The van der Waals surface area contributed by atoms with E-state index in [-0.39, 0.29) is 0 Å². The molecule has 0 fully saturated rings. The summed E-state index contributed by atoms with van der Waals surface area (Å²) in [6.45, 7) is 4.27. The first-order chi connectivity index (χ1) is 9.75. The summed E-state index contributed by atoms with van der Waals surface area (Å²) in [6.07, 6.45) is 0. The van der Waals surface area contributed by atoms with Gasteiger partial charge < -0.3 is 0 Å². The summed E-state index contributed by atoms with van der Waals surface area (Å²) in [7, 11) is 0. The molecule has 1 atom stereocenters. The molecule has 0 spiro atoms. The third kappa shape index (κ3) is 2.37. The van der Waals surface area contributed by atoms with E-state index in [2.05, 4.69) is 60.6 Å². The number of rotatable bonds is 3. The quantitative estimate of drug-likeness (QED) is 0.687. The molecule has 100 valence electrons. The Kier molecular flexibility index (Phi) is 3.38. The molecule has 2 nitrogen and oxygen atoms in total. The minimum absolute atomic E-state index is 0.317. The minimum Gasteiger partial charge on any atom is -0.237 e. The first-order valence-electron chi connectivity index (χ1n) is 6.92. The third-order valence-corrected chi connectivity index (χ3v) is 3.60. The van der Waals surface area contributed by atoms with Crippen molar-refractivity contribution < 1.29 is 0 Å². The average Bonchev–Trinajstić information content (AvgIpc) is 2.90. The lowest BCUT2D eigenvalue weighted by Crippen LogP contribution is -2.06. The Labute approximate surface area is 119 Å². The van der Waals surface area contributed by atoms with Gasteiger partial charge in [-0.15, -0.1) is 0 Å². The van der Waals surface area contributed by atoms with Crippen molar-refractivity contribution in [3.05, 3.63) is 83.7 Å². The van der Waals surface area contributed by atoms with Gasteiger partial charge in [0.2, 0.25) is 0 Å². The second-order valence-corrected chi connectivity index (χ2v) is 5.09. The van der Waals surface area contributed by atoms with E-state index in [4.69, 9.17) is 0 Å². The second-order valence-electron chi connectivity index (χ2n) is 5.09. The van der Waals surface area contributed by atoms with Crippen LogP contribution in [0.5, 0.6) is 0 Å². The topological polar surface area (TPSA) is 17.8 Å². The Hall–Kier alpha value is -2.35. The van der Waals surface area contributed by atoms with Crippen LogP contribution in [0.3, 0.4) is 0 Å². The molecule has 0 saturated carbocycles. The molecule has 0 N–H and O–H groups in total. The normalized spacial score (nSPS) is 12.3. The summed E-state index contributed by atoms with van der Waals surface area (Å²) in [6, 6.07) is 23.0. The van der Waals surface area contributed by atoms with Crippen LogP contribution in [0.4, 0.5) is 0 Å². The summed E-state index contributed by atoms with van der Waals surface area (Å²) in [5.41, 5.74) is 4.69. The van der Waals surface area contributed by atoms with Gasteiger partial charge in [0.1, 0.15) is 0 Å². The molecule has 0 radical (unpaired) electrons. The fourth-order valence-electron chi connectivity index (χ4n) is 2.52. The number of hydrogen-bond donors (Lipinski definition) is 0. The van der Waals surface area contributed by atoms with Crippen LogP contribution >= 0.6 is 0 Å². The SMILES string of the molecule is Cc1cc(C(C)c2ccccc2)n(-c2ccccc2)n1. The lowest BCUT2D eigenvalue weighted by molar-refractivity contribution is 0.755. The molecule has 1 heterocycles. The molecular weight excluding hydrogens is 244 g/mol. The molecule has 0 saturated heterocycles.